The number of amides is 1. The van der Waals surface area contributed by atoms with Crippen LogP contribution in [0.2, 0.25) is 0 Å². The third-order valence-corrected chi connectivity index (χ3v) is 3.44. The maximum absolute atomic E-state index is 12.0. The Balaban J connectivity index is 2.36. The van der Waals surface area contributed by atoms with Crippen LogP contribution in [0.15, 0.2) is 18.5 Å². The number of thioether (sulfide) groups is 1. The average Bonchev–Trinajstić information content (AvgIpc) is 2.43. The largest absolute Gasteiger partial charge is 0.383 e. The number of anilines is 1. The fourth-order valence-electron chi connectivity index (χ4n) is 1.77. The van der Waals surface area contributed by atoms with Gasteiger partial charge in [0.2, 0.25) is 0 Å². The molecule has 0 bridgehead atoms. The molecule has 1 rings (SSSR count). The molecule has 19 heavy (non-hydrogen) atoms. The van der Waals surface area contributed by atoms with Crippen molar-refractivity contribution in [2.45, 2.75) is 26.2 Å². The lowest BCUT2D eigenvalue weighted by atomic mass is 10.2. The summed E-state index contributed by atoms with van der Waals surface area (Å²) < 4.78 is 0. The fourth-order valence-corrected chi connectivity index (χ4v) is 2.26. The first-order valence-electron chi connectivity index (χ1n) is 6.74. The molecule has 4 nitrogen and oxygen atoms in total. The molecule has 0 aliphatic rings. The second kappa shape index (κ2) is 9.67. The standard InChI is InChI=1S/C14H23N3OS/c1-3-16-13-11-15-9-7-12(13)14(18)17-8-5-4-6-10-19-2/h7,9,11,16H,3-6,8,10H2,1-2H3,(H,17,18). The lowest BCUT2D eigenvalue weighted by Gasteiger charge is -2.10. The van der Waals surface area contributed by atoms with Gasteiger partial charge in [-0.1, -0.05) is 6.42 Å². The van der Waals surface area contributed by atoms with Crippen molar-refractivity contribution in [2.24, 2.45) is 0 Å². The highest BCUT2D eigenvalue weighted by Gasteiger charge is 2.09. The molecule has 1 amide bonds. The predicted molar refractivity (Wildman–Crippen MR) is 83.0 cm³/mol. The number of unbranched alkanes of at least 4 members (excludes halogenated alkanes) is 2. The van der Waals surface area contributed by atoms with E-state index in [4.69, 9.17) is 0 Å². The van der Waals surface area contributed by atoms with Gasteiger partial charge >= 0.3 is 0 Å². The number of carbonyl (C=O) groups is 1. The fraction of sp³-hybridized carbons (Fsp3) is 0.571. The van der Waals surface area contributed by atoms with Gasteiger partial charge in [-0.3, -0.25) is 9.78 Å². The molecule has 0 aromatic carbocycles. The molecule has 0 saturated heterocycles. The number of rotatable bonds is 9. The Bertz CT molecular complexity index is 385. The first-order valence-corrected chi connectivity index (χ1v) is 8.14. The zero-order valence-corrected chi connectivity index (χ0v) is 12.6. The molecule has 0 unspecified atom stereocenters. The number of nitrogens with one attached hydrogen (secondary N) is 2. The summed E-state index contributed by atoms with van der Waals surface area (Å²) in [6, 6.07) is 1.75. The molecule has 2 N–H and O–H groups in total. The summed E-state index contributed by atoms with van der Waals surface area (Å²) in [7, 11) is 0. The normalized spacial score (nSPS) is 10.2. The zero-order valence-electron chi connectivity index (χ0n) is 11.7. The molecule has 0 fully saturated rings. The van der Waals surface area contributed by atoms with E-state index in [0.717, 1.165) is 31.6 Å². The molecule has 0 aliphatic carbocycles. The Morgan fingerprint density at radius 1 is 1.37 bits per heavy atom. The van der Waals surface area contributed by atoms with Crippen molar-refractivity contribution in [1.29, 1.82) is 0 Å². The number of carbonyl (C=O) groups excluding carboxylic acids is 1. The molecule has 1 aromatic rings. The van der Waals surface area contributed by atoms with Crippen LogP contribution in [0.3, 0.4) is 0 Å². The van der Waals surface area contributed by atoms with E-state index in [1.165, 1.54) is 12.2 Å². The van der Waals surface area contributed by atoms with Crippen molar-refractivity contribution in [2.75, 3.05) is 30.4 Å². The molecule has 106 valence electrons. The van der Waals surface area contributed by atoms with Crippen LogP contribution in [0, 0.1) is 0 Å². The van der Waals surface area contributed by atoms with Crippen LogP contribution in [0.4, 0.5) is 5.69 Å². The van der Waals surface area contributed by atoms with Crippen molar-refractivity contribution < 1.29 is 4.79 Å². The van der Waals surface area contributed by atoms with Crippen LogP contribution >= 0.6 is 11.8 Å². The summed E-state index contributed by atoms with van der Waals surface area (Å²) in [5, 5.41) is 6.11. The second-order valence-corrected chi connectivity index (χ2v) is 5.25. The molecule has 5 heteroatoms. The Morgan fingerprint density at radius 2 is 2.21 bits per heavy atom. The second-order valence-electron chi connectivity index (χ2n) is 4.26. The van der Waals surface area contributed by atoms with E-state index in [2.05, 4.69) is 21.9 Å². The van der Waals surface area contributed by atoms with Crippen molar-refractivity contribution in [3.05, 3.63) is 24.0 Å². The Hall–Kier alpha value is -1.23. The van der Waals surface area contributed by atoms with E-state index in [0.29, 0.717) is 5.56 Å². The predicted octanol–water partition coefficient (Wildman–Crippen LogP) is 2.78. The quantitative estimate of drug-likeness (QED) is 0.683. The van der Waals surface area contributed by atoms with Crippen LogP contribution < -0.4 is 10.6 Å². The lowest BCUT2D eigenvalue weighted by Crippen LogP contribution is -2.25. The van der Waals surface area contributed by atoms with E-state index in [-0.39, 0.29) is 5.91 Å². The van der Waals surface area contributed by atoms with Gasteiger partial charge in [0.1, 0.15) is 0 Å². The summed E-state index contributed by atoms with van der Waals surface area (Å²) in [5.41, 5.74) is 1.46. The SMILES string of the molecule is CCNc1cnccc1C(=O)NCCCCCSC. The van der Waals surface area contributed by atoms with Crippen LogP contribution in [0.5, 0.6) is 0 Å². The Labute approximate surface area is 119 Å². The molecule has 1 aromatic heterocycles. The van der Waals surface area contributed by atoms with E-state index in [1.54, 1.807) is 18.5 Å². The summed E-state index contributed by atoms with van der Waals surface area (Å²) in [6.07, 6.45) is 8.87. The maximum atomic E-state index is 12.0. The number of nitrogens with zero attached hydrogens (tertiary/aromatic N) is 1. The van der Waals surface area contributed by atoms with Gasteiger partial charge in [0.05, 0.1) is 17.4 Å². The molecular weight excluding hydrogens is 258 g/mol. The van der Waals surface area contributed by atoms with E-state index in [1.807, 2.05) is 18.7 Å². The molecule has 0 aliphatic heterocycles. The van der Waals surface area contributed by atoms with Gasteiger partial charge < -0.3 is 10.6 Å². The Kier molecular flexibility index (Phi) is 8.05. The highest BCUT2D eigenvalue weighted by atomic mass is 32.2. The third-order valence-electron chi connectivity index (χ3n) is 2.74. The summed E-state index contributed by atoms with van der Waals surface area (Å²) >= 11 is 1.87. The van der Waals surface area contributed by atoms with Crippen LogP contribution in [-0.4, -0.2) is 36.0 Å². The molecule has 1 heterocycles. The van der Waals surface area contributed by atoms with Gasteiger partial charge in [-0.2, -0.15) is 11.8 Å². The summed E-state index contributed by atoms with van der Waals surface area (Å²) in [6.45, 7) is 3.52. The number of hydrogen-bond donors (Lipinski definition) is 2. The first kappa shape index (κ1) is 15.8. The molecule has 0 atom stereocenters. The summed E-state index contributed by atoms with van der Waals surface area (Å²) in [5.74, 6) is 1.17. The minimum atomic E-state index is -0.0248. The zero-order chi connectivity index (χ0) is 13.9. The molecule has 0 radical (unpaired) electrons. The Morgan fingerprint density at radius 3 is 2.95 bits per heavy atom. The molecule has 0 spiro atoms. The van der Waals surface area contributed by atoms with Gasteiger partial charge in [0, 0.05) is 19.3 Å². The molecule has 0 saturated carbocycles. The van der Waals surface area contributed by atoms with E-state index in [9.17, 15) is 4.79 Å². The van der Waals surface area contributed by atoms with Crippen molar-refractivity contribution in [1.82, 2.24) is 10.3 Å². The minimum Gasteiger partial charge on any atom is -0.383 e. The van der Waals surface area contributed by atoms with Gasteiger partial charge in [-0.05, 0) is 37.8 Å². The number of aromatic nitrogens is 1. The van der Waals surface area contributed by atoms with Crippen LogP contribution in [0.25, 0.3) is 0 Å². The van der Waals surface area contributed by atoms with Gasteiger partial charge in [-0.15, -0.1) is 0 Å². The molecular formula is C14H23N3OS. The first-order chi connectivity index (χ1) is 9.29. The third kappa shape index (κ3) is 5.96. The number of pyridine rings is 1. The summed E-state index contributed by atoms with van der Waals surface area (Å²) in [4.78, 5) is 16.1. The van der Waals surface area contributed by atoms with E-state index >= 15 is 0 Å². The topological polar surface area (TPSA) is 54.0 Å². The maximum Gasteiger partial charge on any atom is 0.253 e. The van der Waals surface area contributed by atoms with Crippen molar-refractivity contribution in [3.8, 4) is 0 Å². The van der Waals surface area contributed by atoms with Crippen LogP contribution in [0.1, 0.15) is 36.5 Å². The monoisotopic (exact) mass is 281 g/mol. The number of hydrogen-bond acceptors (Lipinski definition) is 4. The van der Waals surface area contributed by atoms with Crippen molar-refractivity contribution in [3.63, 3.8) is 0 Å². The van der Waals surface area contributed by atoms with Crippen LogP contribution in [-0.2, 0) is 0 Å². The van der Waals surface area contributed by atoms with E-state index < -0.39 is 0 Å². The average molecular weight is 281 g/mol. The lowest BCUT2D eigenvalue weighted by molar-refractivity contribution is 0.0953. The smallest absolute Gasteiger partial charge is 0.253 e. The van der Waals surface area contributed by atoms with Gasteiger partial charge in [0.15, 0.2) is 0 Å². The minimum absolute atomic E-state index is 0.0248. The van der Waals surface area contributed by atoms with Gasteiger partial charge in [0.25, 0.3) is 5.91 Å². The highest BCUT2D eigenvalue weighted by Crippen LogP contribution is 2.12. The van der Waals surface area contributed by atoms with Gasteiger partial charge in [-0.25, -0.2) is 0 Å². The van der Waals surface area contributed by atoms with Crippen molar-refractivity contribution >= 4 is 23.4 Å². The highest BCUT2D eigenvalue weighted by molar-refractivity contribution is 7.98.